The summed E-state index contributed by atoms with van der Waals surface area (Å²) in [6.45, 7) is 0.403. The number of aromatic amines is 1. The van der Waals surface area contributed by atoms with Crippen LogP contribution in [0.1, 0.15) is 11.3 Å². The zero-order valence-electron chi connectivity index (χ0n) is 9.40. The highest BCUT2D eigenvalue weighted by molar-refractivity contribution is 7.80. The molecule has 0 radical (unpaired) electrons. The average molecular weight is 259 g/mol. The first-order chi connectivity index (χ1) is 8.74. The number of aliphatic imine (C=N–C) groups is 1. The maximum Gasteiger partial charge on any atom is 0.124 e. The molecule has 0 atom stereocenters. The molecule has 0 bridgehead atoms. The van der Waals surface area contributed by atoms with Gasteiger partial charge in [-0.1, -0.05) is 12.2 Å². The maximum absolute atomic E-state index is 13.4. The minimum absolute atomic E-state index is 0.289. The first kappa shape index (κ1) is 11.1. The van der Waals surface area contributed by atoms with Crippen LogP contribution in [0.4, 0.5) is 10.1 Å². The van der Waals surface area contributed by atoms with Crippen LogP contribution >= 0.6 is 12.2 Å². The Morgan fingerprint density at radius 3 is 2.94 bits per heavy atom. The van der Waals surface area contributed by atoms with Crippen LogP contribution in [0, 0.1) is 5.82 Å². The van der Waals surface area contributed by atoms with Crippen molar-refractivity contribution < 1.29 is 4.39 Å². The average Bonchev–Trinajstić information content (AvgIpc) is 2.81. The molecule has 0 amide bonds. The van der Waals surface area contributed by atoms with Crippen LogP contribution in [0.15, 0.2) is 41.5 Å². The maximum atomic E-state index is 13.4. The molecule has 0 spiro atoms. The lowest BCUT2D eigenvalue weighted by atomic mass is 10.1. The molecule has 3 rings (SSSR count). The summed E-state index contributed by atoms with van der Waals surface area (Å²) in [5.41, 5.74) is 3.08. The summed E-state index contributed by atoms with van der Waals surface area (Å²) in [6, 6.07) is 8.35. The Balaban J connectivity index is 2.20. The van der Waals surface area contributed by atoms with Gasteiger partial charge in [-0.25, -0.2) is 4.39 Å². The molecule has 0 unspecified atom stereocenters. The number of nitrogens with zero attached hydrogens (tertiary/aromatic N) is 1. The standard InChI is InChI=1S/C13H10FN3S/c14-8-3-4-10-9(6-8)13(11-2-1-5-15-11)16-7-12(18)17-10/h1-6,15H,7H2,(H,17,18). The number of hydrogen-bond acceptors (Lipinski definition) is 2. The van der Waals surface area contributed by atoms with E-state index in [-0.39, 0.29) is 5.82 Å². The molecule has 1 aliphatic heterocycles. The van der Waals surface area contributed by atoms with E-state index in [0.29, 0.717) is 11.5 Å². The Labute approximate surface area is 109 Å². The molecule has 5 heteroatoms. The molecule has 0 fully saturated rings. The first-order valence-electron chi connectivity index (χ1n) is 5.52. The quantitative estimate of drug-likeness (QED) is 0.773. The van der Waals surface area contributed by atoms with Gasteiger partial charge < -0.3 is 10.3 Å². The van der Waals surface area contributed by atoms with E-state index in [1.165, 1.54) is 12.1 Å². The lowest BCUT2D eigenvalue weighted by Gasteiger charge is -2.09. The third kappa shape index (κ3) is 1.93. The van der Waals surface area contributed by atoms with Crippen LogP contribution < -0.4 is 5.32 Å². The van der Waals surface area contributed by atoms with Crippen LogP contribution in [0.2, 0.25) is 0 Å². The molecular formula is C13H10FN3S. The molecule has 0 saturated carbocycles. The topological polar surface area (TPSA) is 40.2 Å². The summed E-state index contributed by atoms with van der Waals surface area (Å²) in [5, 5.41) is 3.08. The van der Waals surface area contributed by atoms with Gasteiger partial charge in [0, 0.05) is 17.4 Å². The van der Waals surface area contributed by atoms with Crippen molar-refractivity contribution in [1.82, 2.24) is 4.98 Å². The fourth-order valence-corrected chi connectivity index (χ4v) is 2.13. The lowest BCUT2D eigenvalue weighted by molar-refractivity contribution is 0.628. The van der Waals surface area contributed by atoms with Crippen LogP contribution in [-0.4, -0.2) is 22.2 Å². The molecule has 1 aromatic heterocycles. The minimum Gasteiger partial charge on any atom is -0.360 e. The summed E-state index contributed by atoms with van der Waals surface area (Å²) in [6.07, 6.45) is 1.81. The van der Waals surface area contributed by atoms with Gasteiger partial charge in [0.25, 0.3) is 0 Å². The van der Waals surface area contributed by atoms with Gasteiger partial charge in [0.1, 0.15) is 10.8 Å². The minimum atomic E-state index is -0.289. The van der Waals surface area contributed by atoms with Gasteiger partial charge in [0.2, 0.25) is 0 Å². The normalized spacial score (nSPS) is 14.5. The number of aromatic nitrogens is 1. The first-order valence-corrected chi connectivity index (χ1v) is 5.93. The number of benzodiazepines with no additional fused rings is 1. The van der Waals surface area contributed by atoms with Gasteiger partial charge in [-0.3, -0.25) is 4.99 Å². The van der Waals surface area contributed by atoms with Crippen LogP contribution in [-0.2, 0) is 0 Å². The van der Waals surface area contributed by atoms with Gasteiger partial charge in [0.15, 0.2) is 0 Å². The van der Waals surface area contributed by atoms with Crippen molar-refractivity contribution in [2.75, 3.05) is 11.9 Å². The third-order valence-electron chi connectivity index (χ3n) is 2.74. The monoisotopic (exact) mass is 259 g/mol. The Morgan fingerprint density at radius 2 is 2.17 bits per heavy atom. The molecule has 3 nitrogen and oxygen atoms in total. The number of halogens is 1. The molecule has 1 aliphatic rings. The number of hydrogen-bond donors (Lipinski definition) is 2. The van der Waals surface area contributed by atoms with Crippen molar-refractivity contribution in [2.24, 2.45) is 4.99 Å². The Bertz CT molecular complexity index is 632. The molecule has 0 saturated heterocycles. The van der Waals surface area contributed by atoms with Crippen molar-refractivity contribution in [1.29, 1.82) is 0 Å². The molecule has 2 N–H and O–H groups in total. The van der Waals surface area contributed by atoms with Gasteiger partial charge in [-0.05, 0) is 30.3 Å². The van der Waals surface area contributed by atoms with E-state index in [4.69, 9.17) is 12.2 Å². The van der Waals surface area contributed by atoms with Gasteiger partial charge in [0.05, 0.1) is 18.0 Å². The van der Waals surface area contributed by atoms with E-state index >= 15 is 0 Å². The van der Waals surface area contributed by atoms with E-state index in [2.05, 4.69) is 15.3 Å². The van der Waals surface area contributed by atoms with Crippen molar-refractivity contribution in [3.05, 3.63) is 53.6 Å². The van der Waals surface area contributed by atoms with E-state index in [9.17, 15) is 4.39 Å². The highest BCUT2D eigenvalue weighted by Crippen LogP contribution is 2.23. The SMILES string of the molecule is Fc1ccc2c(c1)C(c1ccc[nH]1)=NCC(=S)N2. The number of fused-ring (bicyclic) bond motifs is 1. The van der Waals surface area contributed by atoms with E-state index in [1.54, 1.807) is 6.07 Å². The number of thiocarbonyl (C=S) groups is 1. The Kier molecular flexibility index (Phi) is 2.68. The zero-order valence-corrected chi connectivity index (χ0v) is 10.2. The van der Waals surface area contributed by atoms with E-state index in [1.807, 2.05) is 18.3 Å². The summed E-state index contributed by atoms with van der Waals surface area (Å²) in [4.78, 5) is 8.16. The molecule has 2 heterocycles. The second-order valence-corrected chi connectivity index (χ2v) is 4.48. The van der Waals surface area contributed by atoms with E-state index < -0.39 is 0 Å². The third-order valence-corrected chi connectivity index (χ3v) is 2.98. The van der Waals surface area contributed by atoms with Crippen molar-refractivity contribution >= 4 is 28.6 Å². The summed E-state index contributed by atoms with van der Waals surface area (Å²) in [7, 11) is 0. The highest BCUT2D eigenvalue weighted by atomic mass is 32.1. The predicted octanol–water partition coefficient (Wildman–Crippen LogP) is 2.74. The smallest absolute Gasteiger partial charge is 0.124 e. The van der Waals surface area contributed by atoms with Gasteiger partial charge in [-0.15, -0.1) is 0 Å². The second kappa shape index (κ2) is 4.34. The van der Waals surface area contributed by atoms with Crippen LogP contribution in [0.5, 0.6) is 0 Å². The highest BCUT2D eigenvalue weighted by Gasteiger charge is 2.17. The molecule has 90 valence electrons. The van der Waals surface area contributed by atoms with Crippen molar-refractivity contribution in [3.63, 3.8) is 0 Å². The molecule has 18 heavy (non-hydrogen) atoms. The predicted molar refractivity (Wildman–Crippen MR) is 73.9 cm³/mol. The second-order valence-electron chi connectivity index (χ2n) is 3.99. The zero-order chi connectivity index (χ0) is 12.5. The fourth-order valence-electron chi connectivity index (χ4n) is 1.96. The van der Waals surface area contributed by atoms with Gasteiger partial charge >= 0.3 is 0 Å². The fraction of sp³-hybridized carbons (Fsp3) is 0.0769. The largest absolute Gasteiger partial charge is 0.360 e. The number of benzene rings is 1. The Hall–Kier alpha value is -2.01. The van der Waals surface area contributed by atoms with Crippen molar-refractivity contribution in [2.45, 2.75) is 0 Å². The molecule has 0 aliphatic carbocycles. The van der Waals surface area contributed by atoms with Gasteiger partial charge in [-0.2, -0.15) is 0 Å². The van der Waals surface area contributed by atoms with E-state index in [0.717, 1.165) is 22.7 Å². The van der Waals surface area contributed by atoms with Crippen LogP contribution in [0.25, 0.3) is 0 Å². The number of anilines is 1. The number of rotatable bonds is 1. The Morgan fingerprint density at radius 1 is 1.28 bits per heavy atom. The molecular weight excluding hydrogens is 249 g/mol. The number of nitrogens with one attached hydrogen (secondary N) is 2. The van der Waals surface area contributed by atoms with Crippen molar-refractivity contribution in [3.8, 4) is 0 Å². The van der Waals surface area contributed by atoms with Crippen LogP contribution in [0.3, 0.4) is 0 Å². The summed E-state index contributed by atoms with van der Waals surface area (Å²) >= 11 is 5.16. The lowest BCUT2D eigenvalue weighted by Crippen LogP contribution is -2.11. The summed E-state index contributed by atoms with van der Waals surface area (Å²) < 4.78 is 13.4. The molecule has 2 aromatic rings. The molecule has 1 aromatic carbocycles. The number of H-pyrrole nitrogens is 1. The summed E-state index contributed by atoms with van der Waals surface area (Å²) in [5.74, 6) is -0.289.